The van der Waals surface area contributed by atoms with E-state index in [0.29, 0.717) is 0 Å². The number of nitrogen functional groups attached to an aromatic ring is 1. The van der Waals surface area contributed by atoms with Gasteiger partial charge >= 0.3 is 5.97 Å². The minimum absolute atomic E-state index is 0.166. The molecule has 0 heterocycles. The highest BCUT2D eigenvalue weighted by Crippen LogP contribution is 2.11. The van der Waals surface area contributed by atoms with Crippen molar-refractivity contribution in [3.63, 3.8) is 0 Å². The molecule has 18 heavy (non-hydrogen) atoms. The molecule has 1 unspecified atom stereocenters. The van der Waals surface area contributed by atoms with Crippen LogP contribution in [0.1, 0.15) is 24.2 Å². The number of benzene rings is 1. The van der Waals surface area contributed by atoms with Crippen molar-refractivity contribution in [2.75, 3.05) is 12.3 Å². The Kier molecular flexibility index (Phi) is 4.65. The van der Waals surface area contributed by atoms with E-state index < -0.39 is 23.7 Å². The van der Waals surface area contributed by atoms with E-state index >= 15 is 0 Å². The number of halogens is 1. The van der Waals surface area contributed by atoms with Crippen LogP contribution >= 0.6 is 0 Å². The zero-order valence-corrected chi connectivity index (χ0v) is 10.2. The fourth-order valence-corrected chi connectivity index (χ4v) is 1.32. The minimum atomic E-state index is -0.839. The molecule has 0 aromatic heterocycles. The van der Waals surface area contributed by atoms with Gasteiger partial charge in [0.25, 0.3) is 5.91 Å². The van der Waals surface area contributed by atoms with E-state index in [0.717, 1.165) is 6.07 Å². The topological polar surface area (TPSA) is 81.4 Å². The van der Waals surface area contributed by atoms with Crippen LogP contribution in [-0.2, 0) is 9.53 Å². The van der Waals surface area contributed by atoms with Crippen LogP contribution in [0.25, 0.3) is 0 Å². The van der Waals surface area contributed by atoms with Crippen LogP contribution < -0.4 is 11.1 Å². The van der Waals surface area contributed by atoms with Gasteiger partial charge in [0.2, 0.25) is 0 Å². The van der Waals surface area contributed by atoms with Crippen molar-refractivity contribution < 1.29 is 18.7 Å². The van der Waals surface area contributed by atoms with E-state index in [9.17, 15) is 14.0 Å². The fourth-order valence-electron chi connectivity index (χ4n) is 1.32. The first-order valence-corrected chi connectivity index (χ1v) is 5.48. The normalized spacial score (nSPS) is 11.7. The third kappa shape index (κ3) is 3.44. The first-order chi connectivity index (χ1) is 8.45. The van der Waals surface area contributed by atoms with Crippen LogP contribution in [0.15, 0.2) is 18.2 Å². The second-order valence-corrected chi connectivity index (χ2v) is 3.69. The Morgan fingerprint density at radius 2 is 2.17 bits per heavy atom. The number of amides is 1. The number of carbonyl (C=O) groups excluding carboxylic acids is 2. The summed E-state index contributed by atoms with van der Waals surface area (Å²) in [7, 11) is 0. The van der Waals surface area contributed by atoms with E-state index in [1.807, 2.05) is 0 Å². The molecule has 0 bridgehead atoms. The Bertz CT molecular complexity index is 463. The molecule has 0 saturated carbocycles. The number of anilines is 1. The summed E-state index contributed by atoms with van der Waals surface area (Å²) >= 11 is 0. The van der Waals surface area contributed by atoms with Crippen molar-refractivity contribution in [3.8, 4) is 0 Å². The van der Waals surface area contributed by atoms with E-state index in [2.05, 4.69) is 5.32 Å². The van der Waals surface area contributed by atoms with Crippen molar-refractivity contribution in [1.29, 1.82) is 0 Å². The fraction of sp³-hybridized carbons (Fsp3) is 0.333. The van der Waals surface area contributed by atoms with Gasteiger partial charge in [0.05, 0.1) is 12.2 Å². The van der Waals surface area contributed by atoms with Crippen LogP contribution in [0.3, 0.4) is 0 Å². The molecular formula is C12H15FN2O3. The molecule has 1 aromatic carbocycles. The summed E-state index contributed by atoms with van der Waals surface area (Å²) in [6.45, 7) is 3.34. The highest BCUT2D eigenvalue weighted by atomic mass is 19.1. The number of carbonyl (C=O) groups is 2. The van der Waals surface area contributed by atoms with Gasteiger partial charge in [-0.3, -0.25) is 4.79 Å². The first kappa shape index (κ1) is 14.0. The molecule has 0 radical (unpaired) electrons. The van der Waals surface area contributed by atoms with Gasteiger partial charge in [-0.25, -0.2) is 9.18 Å². The molecule has 1 atom stereocenters. The zero-order chi connectivity index (χ0) is 13.7. The Balaban J connectivity index is 2.73. The molecule has 0 aliphatic rings. The highest BCUT2D eigenvalue weighted by molar-refractivity contribution is 5.97. The summed E-state index contributed by atoms with van der Waals surface area (Å²) in [5.41, 5.74) is 5.43. The summed E-state index contributed by atoms with van der Waals surface area (Å²) in [5.74, 6) is -1.99. The minimum Gasteiger partial charge on any atom is -0.464 e. The predicted molar refractivity (Wildman–Crippen MR) is 64.4 cm³/mol. The molecule has 1 rings (SSSR count). The molecule has 0 aliphatic carbocycles. The molecule has 5 nitrogen and oxygen atoms in total. The van der Waals surface area contributed by atoms with Gasteiger partial charge in [-0.05, 0) is 32.0 Å². The highest BCUT2D eigenvalue weighted by Gasteiger charge is 2.19. The SMILES string of the molecule is CCOC(=O)C(C)NC(=O)c1ccc(N)cc1F. The second kappa shape index (κ2) is 6.00. The van der Waals surface area contributed by atoms with Crippen LogP contribution in [0, 0.1) is 5.82 Å². The number of rotatable bonds is 4. The molecule has 1 aromatic rings. The number of hydrogen-bond donors (Lipinski definition) is 2. The van der Waals surface area contributed by atoms with E-state index in [-0.39, 0.29) is 17.9 Å². The van der Waals surface area contributed by atoms with Crippen LogP contribution in [-0.4, -0.2) is 24.5 Å². The maximum atomic E-state index is 13.4. The van der Waals surface area contributed by atoms with Crippen LogP contribution in [0.4, 0.5) is 10.1 Å². The monoisotopic (exact) mass is 254 g/mol. The summed E-state index contributed by atoms with van der Waals surface area (Å²) < 4.78 is 18.2. The Morgan fingerprint density at radius 3 is 2.72 bits per heavy atom. The van der Waals surface area contributed by atoms with Gasteiger partial charge < -0.3 is 15.8 Å². The average Bonchev–Trinajstić information content (AvgIpc) is 2.28. The Morgan fingerprint density at radius 1 is 1.50 bits per heavy atom. The quantitative estimate of drug-likeness (QED) is 0.622. The number of nitrogens with two attached hydrogens (primary N) is 1. The van der Waals surface area contributed by atoms with Gasteiger partial charge in [-0.1, -0.05) is 0 Å². The lowest BCUT2D eigenvalue weighted by molar-refractivity contribution is -0.144. The third-order valence-electron chi connectivity index (χ3n) is 2.23. The van der Waals surface area contributed by atoms with Gasteiger partial charge in [-0.2, -0.15) is 0 Å². The summed E-state index contributed by atoms with van der Waals surface area (Å²) in [6.07, 6.45) is 0. The average molecular weight is 254 g/mol. The number of ether oxygens (including phenoxy) is 1. The van der Waals surface area contributed by atoms with E-state index in [1.165, 1.54) is 19.1 Å². The van der Waals surface area contributed by atoms with Crippen molar-refractivity contribution in [1.82, 2.24) is 5.32 Å². The van der Waals surface area contributed by atoms with Crippen LogP contribution in [0.5, 0.6) is 0 Å². The van der Waals surface area contributed by atoms with Crippen molar-refractivity contribution >= 4 is 17.6 Å². The van der Waals surface area contributed by atoms with Crippen molar-refractivity contribution in [2.24, 2.45) is 0 Å². The summed E-state index contributed by atoms with van der Waals surface area (Å²) in [4.78, 5) is 23.0. The molecule has 0 fully saturated rings. The lowest BCUT2D eigenvalue weighted by Crippen LogP contribution is -2.39. The smallest absolute Gasteiger partial charge is 0.328 e. The molecule has 1 amide bonds. The molecule has 98 valence electrons. The van der Waals surface area contributed by atoms with Gasteiger partial charge in [0.15, 0.2) is 0 Å². The number of esters is 1. The van der Waals surface area contributed by atoms with Gasteiger partial charge in [0.1, 0.15) is 11.9 Å². The van der Waals surface area contributed by atoms with E-state index in [1.54, 1.807) is 6.92 Å². The zero-order valence-electron chi connectivity index (χ0n) is 10.2. The molecule has 0 aliphatic heterocycles. The largest absolute Gasteiger partial charge is 0.464 e. The van der Waals surface area contributed by atoms with Crippen molar-refractivity contribution in [2.45, 2.75) is 19.9 Å². The van der Waals surface area contributed by atoms with Gasteiger partial charge in [-0.15, -0.1) is 0 Å². The lowest BCUT2D eigenvalue weighted by atomic mass is 10.1. The maximum Gasteiger partial charge on any atom is 0.328 e. The standard InChI is InChI=1S/C12H15FN2O3/c1-3-18-12(17)7(2)15-11(16)9-5-4-8(14)6-10(9)13/h4-7H,3,14H2,1-2H3,(H,15,16). The third-order valence-corrected chi connectivity index (χ3v) is 2.23. The Labute approximate surface area is 104 Å². The van der Waals surface area contributed by atoms with Crippen LogP contribution in [0.2, 0.25) is 0 Å². The van der Waals surface area contributed by atoms with E-state index in [4.69, 9.17) is 10.5 Å². The number of nitrogens with one attached hydrogen (secondary N) is 1. The molecule has 6 heteroatoms. The Hall–Kier alpha value is -2.11. The molecular weight excluding hydrogens is 239 g/mol. The van der Waals surface area contributed by atoms with Crippen molar-refractivity contribution in [3.05, 3.63) is 29.6 Å². The molecule has 3 N–H and O–H groups in total. The molecule has 0 spiro atoms. The lowest BCUT2D eigenvalue weighted by Gasteiger charge is -2.13. The van der Waals surface area contributed by atoms with Gasteiger partial charge in [0, 0.05) is 5.69 Å². The molecule has 0 saturated heterocycles. The summed E-state index contributed by atoms with van der Waals surface area (Å²) in [6, 6.07) is 2.88. The summed E-state index contributed by atoms with van der Waals surface area (Å²) in [5, 5.41) is 2.35. The maximum absolute atomic E-state index is 13.4. The number of hydrogen-bond acceptors (Lipinski definition) is 4. The first-order valence-electron chi connectivity index (χ1n) is 5.48. The predicted octanol–water partition coefficient (Wildman–Crippen LogP) is 1.09. The second-order valence-electron chi connectivity index (χ2n) is 3.69.